The van der Waals surface area contributed by atoms with Crippen molar-refractivity contribution in [3.63, 3.8) is 0 Å². The zero-order valence-corrected chi connectivity index (χ0v) is 14.3. The van der Waals surface area contributed by atoms with Crippen molar-refractivity contribution in [2.24, 2.45) is 5.92 Å². The lowest BCUT2D eigenvalue weighted by Crippen LogP contribution is -2.30. The number of benzene rings is 1. The fourth-order valence-electron chi connectivity index (χ4n) is 2.95. The minimum Gasteiger partial charge on any atom is -0.493 e. The van der Waals surface area contributed by atoms with E-state index in [1.165, 1.54) is 0 Å². The molecule has 23 heavy (non-hydrogen) atoms. The number of hydrogen-bond donors (Lipinski definition) is 0. The summed E-state index contributed by atoms with van der Waals surface area (Å²) in [5.41, 5.74) is 0.847. The molecule has 0 aromatic heterocycles. The van der Waals surface area contributed by atoms with Crippen molar-refractivity contribution in [1.82, 2.24) is 4.90 Å². The molecule has 6 heteroatoms. The van der Waals surface area contributed by atoms with Crippen LogP contribution in [0.2, 0.25) is 0 Å². The largest absolute Gasteiger partial charge is 0.493 e. The number of amides is 1. The van der Waals surface area contributed by atoms with Gasteiger partial charge in [0.05, 0.1) is 34.4 Å². The van der Waals surface area contributed by atoms with Crippen molar-refractivity contribution in [1.29, 1.82) is 0 Å². The molecule has 1 aliphatic heterocycles. The predicted molar refractivity (Wildman–Crippen MR) is 86.4 cm³/mol. The monoisotopic (exact) mass is 323 g/mol. The van der Waals surface area contributed by atoms with E-state index in [9.17, 15) is 4.79 Å². The summed E-state index contributed by atoms with van der Waals surface area (Å²) in [6.07, 6.45) is 1.31. The molecule has 1 heterocycles. The third kappa shape index (κ3) is 4.07. The first-order chi connectivity index (χ1) is 11.1. The van der Waals surface area contributed by atoms with E-state index in [-0.39, 0.29) is 5.91 Å². The van der Waals surface area contributed by atoms with Crippen molar-refractivity contribution in [3.8, 4) is 17.2 Å². The summed E-state index contributed by atoms with van der Waals surface area (Å²) in [7, 11) is 6.39. The van der Waals surface area contributed by atoms with Gasteiger partial charge in [0.25, 0.3) is 0 Å². The molecule has 0 bridgehead atoms. The van der Waals surface area contributed by atoms with Crippen molar-refractivity contribution >= 4 is 5.91 Å². The van der Waals surface area contributed by atoms with Crippen molar-refractivity contribution in [2.45, 2.75) is 12.8 Å². The van der Waals surface area contributed by atoms with E-state index < -0.39 is 0 Å². The van der Waals surface area contributed by atoms with Gasteiger partial charge in [-0.3, -0.25) is 4.79 Å². The zero-order chi connectivity index (χ0) is 16.8. The quantitative estimate of drug-likeness (QED) is 0.765. The second kappa shape index (κ2) is 8.06. The first-order valence-electron chi connectivity index (χ1n) is 7.68. The Morgan fingerprint density at radius 3 is 2.30 bits per heavy atom. The molecule has 2 rings (SSSR count). The van der Waals surface area contributed by atoms with Crippen molar-refractivity contribution in [3.05, 3.63) is 17.7 Å². The summed E-state index contributed by atoms with van der Waals surface area (Å²) in [4.78, 5) is 14.4. The first-order valence-corrected chi connectivity index (χ1v) is 7.68. The van der Waals surface area contributed by atoms with Crippen LogP contribution in [0, 0.1) is 5.92 Å². The highest BCUT2D eigenvalue weighted by atomic mass is 16.5. The minimum atomic E-state index is 0.109. The van der Waals surface area contributed by atoms with Crippen LogP contribution in [-0.2, 0) is 16.0 Å². The fraction of sp³-hybridized carbons (Fsp3) is 0.588. The van der Waals surface area contributed by atoms with Crippen LogP contribution in [0.4, 0.5) is 0 Å². The average Bonchev–Trinajstić information content (AvgIpc) is 3.03. The molecular formula is C17H25NO5. The van der Waals surface area contributed by atoms with Crippen LogP contribution in [0.1, 0.15) is 12.0 Å². The molecule has 1 amide bonds. The molecule has 1 fully saturated rings. The van der Waals surface area contributed by atoms with E-state index in [4.69, 9.17) is 18.9 Å². The van der Waals surface area contributed by atoms with E-state index in [1.807, 2.05) is 17.0 Å². The van der Waals surface area contributed by atoms with Gasteiger partial charge in [0.15, 0.2) is 11.5 Å². The summed E-state index contributed by atoms with van der Waals surface area (Å²) in [6, 6.07) is 3.64. The number of methoxy groups -OCH3 is 4. The number of hydrogen-bond acceptors (Lipinski definition) is 5. The number of likely N-dealkylation sites (tertiary alicyclic amines) is 1. The Kier molecular flexibility index (Phi) is 6.10. The second-order valence-electron chi connectivity index (χ2n) is 5.66. The van der Waals surface area contributed by atoms with E-state index in [0.717, 1.165) is 25.1 Å². The zero-order valence-electron chi connectivity index (χ0n) is 14.3. The van der Waals surface area contributed by atoms with Gasteiger partial charge < -0.3 is 23.8 Å². The molecule has 1 aromatic carbocycles. The molecule has 0 unspecified atom stereocenters. The van der Waals surface area contributed by atoms with Gasteiger partial charge in [-0.1, -0.05) is 0 Å². The minimum absolute atomic E-state index is 0.109. The van der Waals surface area contributed by atoms with Crippen LogP contribution in [0.15, 0.2) is 12.1 Å². The Balaban J connectivity index is 2.09. The Bertz CT molecular complexity index is 521. The molecule has 0 radical (unpaired) electrons. The first kappa shape index (κ1) is 17.4. The normalized spacial score (nSPS) is 17.2. The van der Waals surface area contributed by atoms with E-state index in [1.54, 1.807) is 28.4 Å². The molecule has 1 saturated heterocycles. The molecule has 0 spiro atoms. The molecule has 1 aromatic rings. The van der Waals surface area contributed by atoms with Crippen LogP contribution in [-0.4, -0.2) is 58.9 Å². The third-order valence-corrected chi connectivity index (χ3v) is 4.12. The van der Waals surface area contributed by atoms with E-state index >= 15 is 0 Å². The maximum Gasteiger partial charge on any atom is 0.227 e. The number of carbonyl (C=O) groups is 1. The average molecular weight is 323 g/mol. The number of carbonyl (C=O) groups excluding carboxylic acids is 1. The van der Waals surface area contributed by atoms with Crippen LogP contribution >= 0.6 is 0 Å². The highest BCUT2D eigenvalue weighted by molar-refractivity contribution is 5.79. The molecule has 128 valence electrons. The number of ether oxygens (including phenoxy) is 4. The summed E-state index contributed by atoms with van der Waals surface area (Å²) in [5.74, 6) is 2.20. The smallest absolute Gasteiger partial charge is 0.227 e. The Morgan fingerprint density at radius 1 is 1.13 bits per heavy atom. The maximum absolute atomic E-state index is 12.5. The van der Waals surface area contributed by atoms with Gasteiger partial charge in [-0.15, -0.1) is 0 Å². The maximum atomic E-state index is 12.5. The van der Waals surface area contributed by atoms with Gasteiger partial charge >= 0.3 is 0 Å². The summed E-state index contributed by atoms with van der Waals surface area (Å²) in [5, 5.41) is 0. The second-order valence-corrected chi connectivity index (χ2v) is 5.66. The lowest BCUT2D eigenvalue weighted by molar-refractivity contribution is -0.129. The molecule has 0 saturated carbocycles. The van der Waals surface area contributed by atoms with Gasteiger partial charge in [-0.05, 0) is 24.1 Å². The van der Waals surface area contributed by atoms with Gasteiger partial charge in [0.1, 0.15) is 0 Å². The Labute approximate surface area is 137 Å². The Morgan fingerprint density at radius 2 is 1.78 bits per heavy atom. The lowest BCUT2D eigenvalue weighted by Gasteiger charge is -2.18. The van der Waals surface area contributed by atoms with Crippen LogP contribution in [0.25, 0.3) is 0 Å². The van der Waals surface area contributed by atoms with Gasteiger partial charge in [-0.25, -0.2) is 0 Å². The van der Waals surface area contributed by atoms with Crippen LogP contribution in [0.3, 0.4) is 0 Å². The van der Waals surface area contributed by atoms with Crippen molar-refractivity contribution < 1.29 is 23.7 Å². The summed E-state index contributed by atoms with van der Waals surface area (Å²) in [6.45, 7) is 2.25. The third-order valence-electron chi connectivity index (χ3n) is 4.12. The molecule has 6 nitrogen and oxygen atoms in total. The molecular weight excluding hydrogens is 298 g/mol. The fourth-order valence-corrected chi connectivity index (χ4v) is 2.95. The molecule has 0 aliphatic carbocycles. The topological polar surface area (TPSA) is 57.2 Å². The van der Waals surface area contributed by atoms with Crippen molar-refractivity contribution in [2.75, 3.05) is 48.1 Å². The van der Waals surface area contributed by atoms with E-state index in [2.05, 4.69) is 0 Å². The van der Waals surface area contributed by atoms with Crippen LogP contribution < -0.4 is 14.2 Å². The SMILES string of the molecule is COC[C@H]1CCN(C(=O)Cc2cc(OC)c(OC)c(OC)c2)C1. The number of rotatable bonds is 7. The van der Waals surface area contributed by atoms with Crippen LogP contribution in [0.5, 0.6) is 17.2 Å². The van der Waals surface area contributed by atoms with E-state index in [0.29, 0.717) is 36.2 Å². The molecule has 0 N–H and O–H groups in total. The molecule has 1 atom stereocenters. The van der Waals surface area contributed by atoms with Gasteiger partial charge in [0.2, 0.25) is 11.7 Å². The highest BCUT2D eigenvalue weighted by Gasteiger charge is 2.26. The lowest BCUT2D eigenvalue weighted by atomic mass is 10.1. The van der Waals surface area contributed by atoms with Gasteiger partial charge in [-0.2, -0.15) is 0 Å². The Hall–Kier alpha value is -1.95. The highest BCUT2D eigenvalue weighted by Crippen LogP contribution is 2.38. The number of nitrogens with zero attached hydrogens (tertiary/aromatic N) is 1. The van der Waals surface area contributed by atoms with Gasteiger partial charge in [0, 0.05) is 26.1 Å². The molecule has 1 aliphatic rings. The summed E-state index contributed by atoms with van der Waals surface area (Å²) >= 11 is 0. The summed E-state index contributed by atoms with van der Waals surface area (Å²) < 4.78 is 21.1. The predicted octanol–water partition coefficient (Wildman–Crippen LogP) is 1.75. The standard InChI is InChI=1S/C17H25NO5/c1-20-11-12-5-6-18(10-12)16(19)9-13-7-14(21-2)17(23-4)15(8-13)22-3/h7-8,12H,5-6,9-11H2,1-4H3/t12-/m0/s1.